The SMILES string of the molecule is CC1(C(=O)Nc2ccc(S(N)(=O)=O)c(Cl)c2)CCCO1. The maximum Gasteiger partial charge on any atom is 0.256 e. The van der Waals surface area contributed by atoms with E-state index in [0.29, 0.717) is 18.7 Å². The molecule has 8 heteroatoms. The fourth-order valence-corrected chi connectivity index (χ4v) is 3.12. The van der Waals surface area contributed by atoms with E-state index in [2.05, 4.69) is 5.32 Å². The van der Waals surface area contributed by atoms with Crippen LogP contribution in [0.5, 0.6) is 0 Å². The zero-order chi connectivity index (χ0) is 15.0. The molecule has 3 N–H and O–H groups in total. The average molecular weight is 319 g/mol. The predicted molar refractivity (Wildman–Crippen MR) is 75.0 cm³/mol. The molecule has 0 spiro atoms. The lowest BCUT2D eigenvalue weighted by atomic mass is 10.0. The van der Waals surface area contributed by atoms with Crippen molar-refractivity contribution >= 4 is 33.2 Å². The summed E-state index contributed by atoms with van der Waals surface area (Å²) >= 11 is 5.85. The Morgan fingerprint density at radius 3 is 2.70 bits per heavy atom. The van der Waals surface area contributed by atoms with Gasteiger partial charge in [-0.3, -0.25) is 4.79 Å². The van der Waals surface area contributed by atoms with Gasteiger partial charge in [-0.05, 0) is 38.0 Å². The van der Waals surface area contributed by atoms with Gasteiger partial charge in [-0.15, -0.1) is 0 Å². The molecule has 1 aromatic rings. The Labute approximate surface area is 122 Å². The number of hydrogen-bond acceptors (Lipinski definition) is 4. The number of rotatable bonds is 3. The number of primary sulfonamides is 1. The van der Waals surface area contributed by atoms with Crippen molar-refractivity contribution in [2.45, 2.75) is 30.3 Å². The van der Waals surface area contributed by atoms with E-state index in [1.54, 1.807) is 6.92 Å². The molecule has 1 fully saturated rings. The Kier molecular flexibility index (Phi) is 4.06. The summed E-state index contributed by atoms with van der Waals surface area (Å²) in [6.45, 7) is 2.27. The van der Waals surface area contributed by atoms with Gasteiger partial charge in [-0.1, -0.05) is 11.6 Å². The fraction of sp³-hybridized carbons (Fsp3) is 0.417. The van der Waals surface area contributed by atoms with Gasteiger partial charge >= 0.3 is 0 Å². The van der Waals surface area contributed by atoms with Crippen LogP contribution in [0.2, 0.25) is 5.02 Å². The van der Waals surface area contributed by atoms with Crippen LogP contribution in [0.3, 0.4) is 0 Å². The molecule has 6 nitrogen and oxygen atoms in total. The molecule has 0 radical (unpaired) electrons. The number of ether oxygens (including phenoxy) is 1. The summed E-state index contributed by atoms with van der Waals surface area (Å²) in [6, 6.07) is 4.03. The number of nitrogens with two attached hydrogens (primary N) is 1. The molecule has 1 aliphatic heterocycles. The number of carbonyl (C=O) groups is 1. The van der Waals surface area contributed by atoms with Crippen molar-refractivity contribution in [1.29, 1.82) is 0 Å². The second-order valence-electron chi connectivity index (χ2n) is 4.83. The third-order valence-electron chi connectivity index (χ3n) is 3.20. The molecule has 1 amide bonds. The number of sulfonamides is 1. The lowest BCUT2D eigenvalue weighted by Crippen LogP contribution is -2.39. The van der Waals surface area contributed by atoms with E-state index in [1.165, 1.54) is 18.2 Å². The molecule has 1 unspecified atom stereocenters. The third kappa shape index (κ3) is 3.12. The normalized spacial score (nSPS) is 22.8. The molecule has 1 atom stereocenters. The second kappa shape index (κ2) is 5.33. The minimum atomic E-state index is -3.88. The van der Waals surface area contributed by atoms with Crippen LogP contribution >= 0.6 is 11.6 Å². The maximum absolute atomic E-state index is 12.1. The predicted octanol–water partition coefficient (Wildman–Crippen LogP) is 1.50. The van der Waals surface area contributed by atoms with Gasteiger partial charge in [-0.2, -0.15) is 0 Å². The van der Waals surface area contributed by atoms with Gasteiger partial charge in [0.1, 0.15) is 10.5 Å². The molecule has 1 aliphatic rings. The lowest BCUT2D eigenvalue weighted by Gasteiger charge is -2.22. The summed E-state index contributed by atoms with van der Waals surface area (Å²) in [5.74, 6) is -0.283. The second-order valence-corrected chi connectivity index (χ2v) is 6.76. The van der Waals surface area contributed by atoms with E-state index >= 15 is 0 Å². The Morgan fingerprint density at radius 2 is 2.20 bits per heavy atom. The first-order chi connectivity index (χ1) is 9.22. The summed E-state index contributed by atoms with van der Waals surface area (Å²) in [5, 5.41) is 7.63. The number of anilines is 1. The van der Waals surface area contributed by atoms with E-state index in [1.807, 2.05) is 0 Å². The zero-order valence-corrected chi connectivity index (χ0v) is 12.4. The molecule has 0 bridgehead atoms. The molecule has 1 saturated heterocycles. The van der Waals surface area contributed by atoms with Crippen LogP contribution in [0.4, 0.5) is 5.69 Å². The molecule has 0 saturated carbocycles. The zero-order valence-electron chi connectivity index (χ0n) is 10.8. The topological polar surface area (TPSA) is 98.5 Å². The summed E-state index contributed by atoms with van der Waals surface area (Å²) in [6.07, 6.45) is 1.47. The number of benzene rings is 1. The summed E-state index contributed by atoms with van der Waals surface area (Å²) in [7, 11) is -3.88. The standard InChI is InChI=1S/C12H15ClN2O4S/c1-12(5-2-6-19-12)11(16)15-8-3-4-10(9(13)7-8)20(14,17)18/h3-4,7H,2,5-6H2,1H3,(H,15,16)(H2,14,17,18). The molecule has 0 aliphatic carbocycles. The molecule has 1 aromatic carbocycles. The molecule has 2 rings (SSSR count). The maximum atomic E-state index is 12.1. The minimum Gasteiger partial charge on any atom is -0.365 e. The fourth-order valence-electron chi connectivity index (χ4n) is 2.03. The van der Waals surface area contributed by atoms with Gasteiger partial charge in [0.25, 0.3) is 5.91 Å². The molecular weight excluding hydrogens is 304 g/mol. The van der Waals surface area contributed by atoms with E-state index in [0.717, 1.165) is 6.42 Å². The van der Waals surface area contributed by atoms with Gasteiger partial charge in [0.15, 0.2) is 0 Å². The lowest BCUT2D eigenvalue weighted by molar-refractivity contribution is -0.133. The number of hydrogen-bond donors (Lipinski definition) is 2. The van der Waals surface area contributed by atoms with E-state index < -0.39 is 15.6 Å². The third-order valence-corrected chi connectivity index (χ3v) is 4.59. The summed E-state index contributed by atoms with van der Waals surface area (Å²) in [5.41, 5.74) is -0.463. The molecular formula is C12H15ClN2O4S. The van der Waals surface area contributed by atoms with Gasteiger partial charge in [0.05, 0.1) is 5.02 Å². The molecule has 20 heavy (non-hydrogen) atoms. The average Bonchev–Trinajstić information content (AvgIpc) is 2.76. The Bertz CT molecular complexity index is 639. The van der Waals surface area contributed by atoms with Crippen molar-refractivity contribution < 1.29 is 17.9 Å². The highest BCUT2D eigenvalue weighted by Crippen LogP contribution is 2.28. The van der Waals surface area contributed by atoms with E-state index in [9.17, 15) is 13.2 Å². The Hall–Kier alpha value is -1.15. The monoisotopic (exact) mass is 318 g/mol. The van der Waals surface area contributed by atoms with Crippen molar-refractivity contribution in [3.8, 4) is 0 Å². The van der Waals surface area contributed by atoms with Crippen molar-refractivity contribution in [2.24, 2.45) is 5.14 Å². The summed E-state index contributed by atoms with van der Waals surface area (Å²) in [4.78, 5) is 11.9. The highest BCUT2D eigenvalue weighted by molar-refractivity contribution is 7.89. The van der Waals surface area contributed by atoms with Gasteiger partial charge < -0.3 is 10.1 Å². The van der Waals surface area contributed by atoms with Crippen LogP contribution in [0.15, 0.2) is 23.1 Å². The van der Waals surface area contributed by atoms with Crippen LogP contribution in [-0.4, -0.2) is 26.5 Å². The number of amides is 1. The number of halogens is 1. The van der Waals surface area contributed by atoms with Crippen molar-refractivity contribution in [1.82, 2.24) is 0 Å². The quantitative estimate of drug-likeness (QED) is 0.882. The van der Waals surface area contributed by atoms with Gasteiger partial charge in [0, 0.05) is 12.3 Å². The van der Waals surface area contributed by atoms with Crippen LogP contribution in [0, 0.1) is 0 Å². The number of nitrogens with one attached hydrogen (secondary N) is 1. The highest BCUT2D eigenvalue weighted by Gasteiger charge is 2.37. The first-order valence-electron chi connectivity index (χ1n) is 6.00. The smallest absolute Gasteiger partial charge is 0.256 e. The molecule has 110 valence electrons. The Balaban J connectivity index is 2.19. The van der Waals surface area contributed by atoms with Gasteiger partial charge in [-0.25, -0.2) is 13.6 Å². The molecule has 1 heterocycles. The van der Waals surface area contributed by atoms with Crippen LogP contribution in [-0.2, 0) is 19.6 Å². The van der Waals surface area contributed by atoms with Crippen LogP contribution in [0.25, 0.3) is 0 Å². The summed E-state index contributed by atoms with van der Waals surface area (Å²) < 4.78 is 27.9. The van der Waals surface area contributed by atoms with Gasteiger partial charge in [0.2, 0.25) is 10.0 Å². The number of carbonyl (C=O) groups excluding carboxylic acids is 1. The first kappa shape index (κ1) is 15.2. The van der Waals surface area contributed by atoms with Crippen molar-refractivity contribution in [3.05, 3.63) is 23.2 Å². The van der Waals surface area contributed by atoms with Crippen LogP contribution < -0.4 is 10.5 Å². The first-order valence-corrected chi connectivity index (χ1v) is 7.92. The van der Waals surface area contributed by atoms with Crippen molar-refractivity contribution in [3.63, 3.8) is 0 Å². The Morgan fingerprint density at radius 1 is 1.50 bits per heavy atom. The minimum absolute atomic E-state index is 0.0391. The van der Waals surface area contributed by atoms with Crippen molar-refractivity contribution in [2.75, 3.05) is 11.9 Å². The highest BCUT2D eigenvalue weighted by atomic mass is 35.5. The molecule has 0 aromatic heterocycles. The largest absolute Gasteiger partial charge is 0.365 e. The van der Waals surface area contributed by atoms with E-state index in [4.69, 9.17) is 21.5 Å². The van der Waals surface area contributed by atoms with E-state index in [-0.39, 0.29) is 15.8 Å². The van der Waals surface area contributed by atoms with Crippen LogP contribution in [0.1, 0.15) is 19.8 Å².